The van der Waals surface area contributed by atoms with Gasteiger partial charge in [0, 0.05) is 17.1 Å². The van der Waals surface area contributed by atoms with E-state index >= 15 is 0 Å². The van der Waals surface area contributed by atoms with E-state index in [9.17, 15) is 4.39 Å². The molecule has 0 amide bonds. The molecule has 1 N–H and O–H groups in total. The molecular formula is C18H19ClFN. The van der Waals surface area contributed by atoms with E-state index < -0.39 is 0 Å². The number of nitrogens with one attached hydrogen (secondary N) is 1. The van der Waals surface area contributed by atoms with Gasteiger partial charge in [0.05, 0.1) is 0 Å². The van der Waals surface area contributed by atoms with Gasteiger partial charge in [-0.3, -0.25) is 0 Å². The lowest BCUT2D eigenvalue weighted by Gasteiger charge is -2.38. The van der Waals surface area contributed by atoms with Crippen molar-refractivity contribution in [1.29, 1.82) is 0 Å². The molecule has 0 radical (unpaired) electrons. The molecule has 0 spiro atoms. The zero-order valence-electron chi connectivity index (χ0n) is 12.0. The van der Waals surface area contributed by atoms with Crippen molar-refractivity contribution in [3.63, 3.8) is 0 Å². The second-order valence-corrected chi connectivity index (χ2v) is 6.30. The summed E-state index contributed by atoms with van der Waals surface area (Å²) in [4.78, 5) is 0. The fourth-order valence-corrected chi connectivity index (χ4v) is 3.19. The third-order valence-electron chi connectivity index (χ3n) is 4.31. The SMILES string of the molecule is CC(NC1CC(c2ccc(F)cc2)C1)c1cccc(Cl)c1. The molecule has 0 aromatic heterocycles. The summed E-state index contributed by atoms with van der Waals surface area (Å²) < 4.78 is 12.9. The highest BCUT2D eigenvalue weighted by Crippen LogP contribution is 2.38. The van der Waals surface area contributed by atoms with E-state index in [-0.39, 0.29) is 5.82 Å². The van der Waals surface area contributed by atoms with Crippen LogP contribution in [0.3, 0.4) is 0 Å². The largest absolute Gasteiger partial charge is 0.307 e. The number of hydrogen-bond donors (Lipinski definition) is 1. The van der Waals surface area contributed by atoms with E-state index in [1.807, 2.05) is 30.3 Å². The topological polar surface area (TPSA) is 12.0 Å². The summed E-state index contributed by atoms with van der Waals surface area (Å²) in [6.07, 6.45) is 2.22. The van der Waals surface area contributed by atoms with E-state index in [0.29, 0.717) is 18.0 Å². The van der Waals surface area contributed by atoms with Gasteiger partial charge >= 0.3 is 0 Å². The first-order valence-corrected chi connectivity index (χ1v) is 7.76. The molecule has 1 unspecified atom stereocenters. The lowest BCUT2D eigenvalue weighted by molar-refractivity contribution is 0.271. The third kappa shape index (κ3) is 3.45. The summed E-state index contributed by atoms with van der Waals surface area (Å²) in [5.41, 5.74) is 2.46. The quantitative estimate of drug-likeness (QED) is 0.831. The summed E-state index contributed by atoms with van der Waals surface area (Å²) in [6.45, 7) is 2.16. The van der Waals surface area contributed by atoms with E-state index in [0.717, 1.165) is 17.9 Å². The molecule has 1 aliphatic carbocycles. The van der Waals surface area contributed by atoms with Gasteiger partial charge in [-0.1, -0.05) is 35.9 Å². The molecule has 21 heavy (non-hydrogen) atoms. The smallest absolute Gasteiger partial charge is 0.123 e. The molecule has 0 bridgehead atoms. The summed E-state index contributed by atoms with van der Waals surface area (Å²) in [7, 11) is 0. The summed E-state index contributed by atoms with van der Waals surface area (Å²) in [6, 6.07) is 15.7. The van der Waals surface area contributed by atoms with Gasteiger partial charge in [-0.25, -0.2) is 4.39 Å². The Kier molecular flexibility index (Phi) is 4.27. The van der Waals surface area contributed by atoms with Crippen molar-refractivity contribution in [2.75, 3.05) is 0 Å². The molecule has 1 aliphatic rings. The Hall–Kier alpha value is -1.38. The first-order valence-electron chi connectivity index (χ1n) is 7.39. The van der Waals surface area contributed by atoms with Crippen LogP contribution in [0.4, 0.5) is 4.39 Å². The van der Waals surface area contributed by atoms with E-state index in [1.165, 1.54) is 11.1 Å². The van der Waals surface area contributed by atoms with Crippen molar-refractivity contribution >= 4 is 11.6 Å². The molecule has 1 saturated carbocycles. The third-order valence-corrected chi connectivity index (χ3v) is 4.55. The lowest BCUT2D eigenvalue weighted by Crippen LogP contribution is -2.41. The van der Waals surface area contributed by atoms with Crippen LogP contribution in [0.2, 0.25) is 5.02 Å². The maximum Gasteiger partial charge on any atom is 0.123 e. The van der Waals surface area contributed by atoms with Crippen molar-refractivity contribution < 1.29 is 4.39 Å². The Morgan fingerprint density at radius 3 is 2.52 bits per heavy atom. The Balaban J connectivity index is 1.54. The minimum absolute atomic E-state index is 0.165. The van der Waals surface area contributed by atoms with Crippen LogP contribution < -0.4 is 5.32 Å². The number of benzene rings is 2. The van der Waals surface area contributed by atoms with Crippen LogP contribution in [0.5, 0.6) is 0 Å². The molecule has 0 saturated heterocycles. The average molecular weight is 304 g/mol. The van der Waals surface area contributed by atoms with Gasteiger partial charge in [-0.15, -0.1) is 0 Å². The van der Waals surface area contributed by atoms with Gasteiger partial charge < -0.3 is 5.32 Å². The average Bonchev–Trinajstić information content (AvgIpc) is 2.43. The van der Waals surface area contributed by atoms with E-state index in [1.54, 1.807) is 12.1 Å². The summed E-state index contributed by atoms with van der Waals surface area (Å²) in [5.74, 6) is 0.386. The van der Waals surface area contributed by atoms with Crippen LogP contribution >= 0.6 is 11.6 Å². The predicted molar refractivity (Wildman–Crippen MR) is 85.2 cm³/mol. The van der Waals surface area contributed by atoms with Gasteiger partial charge in [-0.05, 0) is 61.1 Å². The highest BCUT2D eigenvalue weighted by Gasteiger charge is 2.31. The van der Waals surface area contributed by atoms with Crippen LogP contribution in [0.25, 0.3) is 0 Å². The molecule has 0 heterocycles. The van der Waals surface area contributed by atoms with Crippen LogP contribution in [0.15, 0.2) is 48.5 Å². The Bertz CT molecular complexity index is 605. The van der Waals surface area contributed by atoms with Crippen molar-refractivity contribution in [2.24, 2.45) is 0 Å². The molecule has 3 rings (SSSR count). The summed E-state index contributed by atoms with van der Waals surface area (Å²) >= 11 is 6.03. The maximum absolute atomic E-state index is 12.9. The minimum Gasteiger partial charge on any atom is -0.307 e. The molecule has 0 aliphatic heterocycles. The maximum atomic E-state index is 12.9. The molecule has 1 nitrogen and oxygen atoms in total. The fraction of sp³-hybridized carbons (Fsp3) is 0.333. The Morgan fingerprint density at radius 2 is 1.86 bits per heavy atom. The first-order chi connectivity index (χ1) is 10.1. The zero-order valence-corrected chi connectivity index (χ0v) is 12.8. The normalized spacial score (nSPS) is 22.6. The second-order valence-electron chi connectivity index (χ2n) is 5.86. The molecule has 2 aromatic rings. The van der Waals surface area contributed by atoms with Crippen molar-refractivity contribution in [3.8, 4) is 0 Å². The predicted octanol–water partition coefficient (Wildman–Crippen LogP) is 5.08. The monoisotopic (exact) mass is 303 g/mol. The van der Waals surface area contributed by atoms with Crippen molar-refractivity contribution in [2.45, 2.75) is 37.8 Å². The van der Waals surface area contributed by atoms with Gasteiger partial charge in [-0.2, -0.15) is 0 Å². The van der Waals surface area contributed by atoms with Gasteiger partial charge in [0.1, 0.15) is 5.82 Å². The standard InChI is InChI=1S/C18H19ClFN/c1-12(14-3-2-4-16(19)9-14)21-18-10-15(11-18)13-5-7-17(20)8-6-13/h2-9,12,15,18,21H,10-11H2,1H3. The Morgan fingerprint density at radius 1 is 1.14 bits per heavy atom. The Labute approximate surface area is 130 Å². The highest BCUT2D eigenvalue weighted by molar-refractivity contribution is 6.30. The van der Waals surface area contributed by atoms with Crippen LogP contribution in [-0.4, -0.2) is 6.04 Å². The molecule has 2 aromatic carbocycles. The number of hydrogen-bond acceptors (Lipinski definition) is 1. The fourth-order valence-electron chi connectivity index (χ4n) is 2.99. The van der Waals surface area contributed by atoms with E-state index in [4.69, 9.17) is 11.6 Å². The van der Waals surface area contributed by atoms with Crippen molar-refractivity contribution in [3.05, 3.63) is 70.5 Å². The summed E-state index contributed by atoms with van der Waals surface area (Å²) in [5, 5.41) is 4.42. The van der Waals surface area contributed by atoms with Gasteiger partial charge in [0.15, 0.2) is 0 Å². The molecule has 1 fully saturated rings. The van der Waals surface area contributed by atoms with Gasteiger partial charge in [0.25, 0.3) is 0 Å². The molecule has 3 heteroatoms. The van der Waals surface area contributed by atoms with Crippen molar-refractivity contribution in [1.82, 2.24) is 5.32 Å². The number of rotatable bonds is 4. The molecule has 1 atom stereocenters. The number of halogens is 2. The van der Waals surface area contributed by atoms with E-state index in [2.05, 4.69) is 18.3 Å². The zero-order chi connectivity index (χ0) is 14.8. The first kappa shape index (κ1) is 14.6. The second kappa shape index (κ2) is 6.17. The van der Waals surface area contributed by atoms with Gasteiger partial charge in [0.2, 0.25) is 0 Å². The van der Waals surface area contributed by atoms with Crippen LogP contribution in [0.1, 0.15) is 42.9 Å². The van der Waals surface area contributed by atoms with Crippen LogP contribution in [-0.2, 0) is 0 Å². The minimum atomic E-state index is -0.165. The van der Waals surface area contributed by atoms with Crippen LogP contribution in [0, 0.1) is 5.82 Å². The molecular weight excluding hydrogens is 285 g/mol. The highest BCUT2D eigenvalue weighted by atomic mass is 35.5. The lowest BCUT2D eigenvalue weighted by atomic mass is 9.75. The molecule has 110 valence electrons.